The van der Waals surface area contributed by atoms with Crippen molar-refractivity contribution < 1.29 is 27.4 Å². The van der Waals surface area contributed by atoms with E-state index in [0.717, 1.165) is 12.5 Å². The monoisotopic (exact) mass is 453 g/mol. The molecule has 1 saturated heterocycles. The zero-order valence-corrected chi connectivity index (χ0v) is 17.9. The van der Waals surface area contributed by atoms with Crippen LogP contribution in [0.25, 0.3) is 0 Å². The van der Waals surface area contributed by atoms with E-state index in [1.807, 2.05) is 0 Å². The summed E-state index contributed by atoms with van der Waals surface area (Å²) in [6.07, 6.45) is -1.97. The summed E-state index contributed by atoms with van der Waals surface area (Å²) in [5.41, 5.74) is -0.574. The van der Waals surface area contributed by atoms with Gasteiger partial charge in [-0.25, -0.2) is 14.8 Å². The van der Waals surface area contributed by atoms with Crippen molar-refractivity contribution in [3.63, 3.8) is 0 Å². The van der Waals surface area contributed by atoms with E-state index in [1.54, 1.807) is 13.2 Å². The van der Waals surface area contributed by atoms with Crippen molar-refractivity contribution in [2.45, 2.75) is 32.0 Å². The number of methoxy groups -OCH3 is 1. The molecule has 0 bridgehead atoms. The van der Waals surface area contributed by atoms with Crippen molar-refractivity contribution in [3.8, 4) is 5.88 Å². The Labute approximate surface area is 184 Å². The number of hydrogen-bond acceptors (Lipinski definition) is 6. The van der Waals surface area contributed by atoms with Gasteiger partial charge in [0, 0.05) is 32.0 Å². The molecule has 1 unspecified atom stereocenters. The molecule has 0 aliphatic carbocycles. The number of carbonyl (C=O) groups is 1. The number of rotatable bonds is 7. The number of aromatic nitrogens is 2. The van der Waals surface area contributed by atoms with Crippen molar-refractivity contribution in [1.29, 1.82) is 0 Å². The van der Waals surface area contributed by atoms with Gasteiger partial charge >= 0.3 is 12.2 Å². The van der Waals surface area contributed by atoms with Gasteiger partial charge in [0.25, 0.3) is 0 Å². The van der Waals surface area contributed by atoms with Gasteiger partial charge < -0.3 is 25.0 Å². The summed E-state index contributed by atoms with van der Waals surface area (Å²) in [4.78, 5) is 22.4. The number of halogens is 3. The van der Waals surface area contributed by atoms with Crippen LogP contribution in [-0.2, 0) is 10.9 Å². The Balaban J connectivity index is 1.59. The summed E-state index contributed by atoms with van der Waals surface area (Å²) >= 11 is 0. The van der Waals surface area contributed by atoms with Crippen LogP contribution >= 0.6 is 0 Å². The molecule has 2 N–H and O–H groups in total. The van der Waals surface area contributed by atoms with Gasteiger partial charge in [-0.15, -0.1) is 0 Å². The maximum atomic E-state index is 13.1. The van der Waals surface area contributed by atoms with Gasteiger partial charge in [-0.05, 0) is 37.5 Å². The number of anilines is 2. The maximum absolute atomic E-state index is 13.1. The molecule has 174 valence electrons. The molecular formula is C21H26F3N5O3. The zero-order valence-electron chi connectivity index (χ0n) is 17.9. The van der Waals surface area contributed by atoms with E-state index < -0.39 is 17.8 Å². The molecule has 1 aliphatic rings. The lowest BCUT2D eigenvalue weighted by molar-refractivity contribution is -0.138. The number of aryl methyl sites for hydroxylation is 1. The van der Waals surface area contributed by atoms with Gasteiger partial charge in [-0.3, -0.25) is 0 Å². The zero-order chi connectivity index (χ0) is 23.1. The van der Waals surface area contributed by atoms with Crippen molar-refractivity contribution in [3.05, 3.63) is 41.7 Å². The molecule has 0 saturated carbocycles. The molecule has 2 amide bonds. The molecule has 1 fully saturated rings. The van der Waals surface area contributed by atoms with E-state index in [-0.39, 0.29) is 17.4 Å². The first-order chi connectivity index (χ1) is 15.3. The number of likely N-dealkylation sites (tertiary alicyclic amines) is 1. The third kappa shape index (κ3) is 6.46. The van der Waals surface area contributed by atoms with Crippen LogP contribution in [0.5, 0.6) is 5.88 Å². The average molecular weight is 453 g/mol. The maximum Gasteiger partial charge on any atom is 0.416 e. The fourth-order valence-electron chi connectivity index (χ4n) is 3.38. The summed E-state index contributed by atoms with van der Waals surface area (Å²) in [5, 5.41) is 5.64. The fourth-order valence-corrected chi connectivity index (χ4v) is 3.38. The molecule has 11 heteroatoms. The molecule has 32 heavy (non-hydrogen) atoms. The summed E-state index contributed by atoms with van der Waals surface area (Å²) in [6, 6.07) is 4.94. The minimum absolute atomic E-state index is 0.0959. The van der Waals surface area contributed by atoms with Crippen LogP contribution in [0.4, 0.5) is 29.5 Å². The highest BCUT2D eigenvalue weighted by Crippen LogP contribution is 2.33. The molecule has 1 atom stereocenters. The van der Waals surface area contributed by atoms with Crippen LogP contribution in [0.2, 0.25) is 0 Å². The van der Waals surface area contributed by atoms with Crippen LogP contribution in [0.15, 0.2) is 30.6 Å². The normalized spacial score (nSPS) is 16.5. The molecule has 0 radical (unpaired) electrons. The first-order valence-electron chi connectivity index (χ1n) is 10.2. The van der Waals surface area contributed by atoms with Gasteiger partial charge in [-0.2, -0.15) is 13.2 Å². The Morgan fingerprint density at radius 2 is 2.09 bits per heavy atom. The number of ether oxygens (including phenoxy) is 2. The minimum Gasteiger partial charge on any atom is -0.472 e. The number of carbonyl (C=O) groups excluding carboxylic acids is 1. The van der Waals surface area contributed by atoms with Crippen LogP contribution in [0.3, 0.4) is 0 Å². The molecule has 8 nitrogen and oxygen atoms in total. The van der Waals surface area contributed by atoms with Crippen LogP contribution in [-0.4, -0.2) is 60.4 Å². The first-order valence-corrected chi connectivity index (χ1v) is 10.2. The number of nitrogens with one attached hydrogen (secondary N) is 2. The predicted octanol–water partition coefficient (Wildman–Crippen LogP) is 3.94. The van der Waals surface area contributed by atoms with Crippen molar-refractivity contribution in [2.75, 3.05) is 44.0 Å². The van der Waals surface area contributed by atoms with E-state index in [2.05, 4.69) is 20.6 Å². The molecule has 3 rings (SSSR count). The number of urea groups is 1. The number of nitrogens with zero attached hydrogens (tertiary/aromatic N) is 3. The van der Waals surface area contributed by atoms with Crippen molar-refractivity contribution in [1.82, 2.24) is 14.9 Å². The molecule has 0 spiro atoms. The second kappa shape index (κ2) is 10.5. The van der Waals surface area contributed by atoms with Crippen LogP contribution in [0, 0.1) is 6.92 Å². The Hall–Kier alpha value is -3.08. The number of amides is 2. The van der Waals surface area contributed by atoms with Crippen LogP contribution in [0.1, 0.15) is 24.0 Å². The Kier molecular flexibility index (Phi) is 7.73. The van der Waals surface area contributed by atoms with E-state index in [0.29, 0.717) is 44.4 Å². The summed E-state index contributed by atoms with van der Waals surface area (Å²) in [6.45, 7) is 3.27. The molecule has 1 aromatic carbocycles. The molecule has 2 aromatic rings. The SMILES string of the molecule is COCCNc1cc(OC2CCCN(C(=O)Nc3ccc(C)c(C(F)(F)F)c3)C2)ncn1. The lowest BCUT2D eigenvalue weighted by Gasteiger charge is -2.32. The molecule has 2 heterocycles. The largest absolute Gasteiger partial charge is 0.472 e. The van der Waals surface area contributed by atoms with Gasteiger partial charge in [0.05, 0.1) is 18.7 Å². The molecular weight excluding hydrogens is 427 g/mol. The first kappa shape index (κ1) is 23.6. The number of alkyl halides is 3. The topological polar surface area (TPSA) is 88.6 Å². The van der Waals surface area contributed by atoms with Crippen molar-refractivity contribution >= 4 is 17.5 Å². The lowest BCUT2D eigenvalue weighted by atomic mass is 10.1. The van der Waals surface area contributed by atoms with Gasteiger partial charge in [-0.1, -0.05) is 6.07 Å². The van der Waals surface area contributed by atoms with Gasteiger partial charge in [0.15, 0.2) is 0 Å². The number of piperidine rings is 1. The Morgan fingerprint density at radius 3 is 2.84 bits per heavy atom. The van der Waals surface area contributed by atoms with E-state index in [1.165, 1.54) is 30.3 Å². The molecule has 1 aliphatic heterocycles. The van der Waals surface area contributed by atoms with Gasteiger partial charge in [0.1, 0.15) is 18.2 Å². The van der Waals surface area contributed by atoms with Crippen LogP contribution < -0.4 is 15.4 Å². The Bertz CT molecular complexity index is 926. The second-order valence-electron chi connectivity index (χ2n) is 7.45. The van der Waals surface area contributed by atoms with E-state index in [9.17, 15) is 18.0 Å². The quantitative estimate of drug-likeness (QED) is 0.618. The van der Waals surface area contributed by atoms with Gasteiger partial charge in [0.2, 0.25) is 5.88 Å². The lowest BCUT2D eigenvalue weighted by Crippen LogP contribution is -2.46. The summed E-state index contributed by atoms with van der Waals surface area (Å²) in [5.74, 6) is 0.970. The highest BCUT2D eigenvalue weighted by Gasteiger charge is 2.33. The predicted molar refractivity (Wildman–Crippen MR) is 113 cm³/mol. The number of hydrogen-bond donors (Lipinski definition) is 2. The van der Waals surface area contributed by atoms with E-state index >= 15 is 0 Å². The highest BCUT2D eigenvalue weighted by atomic mass is 19.4. The standard InChI is InChI=1S/C21H26F3N5O3/c1-14-5-6-15(10-17(14)21(22,23)24)28-20(30)29-8-3-4-16(12-29)32-19-11-18(26-13-27-19)25-7-9-31-2/h5-6,10-11,13,16H,3-4,7-9,12H2,1-2H3,(H,28,30)(H,25,26,27). The van der Waals surface area contributed by atoms with Crippen molar-refractivity contribution in [2.24, 2.45) is 0 Å². The summed E-state index contributed by atoms with van der Waals surface area (Å²) < 4.78 is 50.3. The third-order valence-corrected chi connectivity index (χ3v) is 5.00. The van der Waals surface area contributed by atoms with E-state index in [4.69, 9.17) is 9.47 Å². The molecule has 1 aromatic heterocycles. The highest BCUT2D eigenvalue weighted by molar-refractivity contribution is 5.89. The summed E-state index contributed by atoms with van der Waals surface area (Å²) in [7, 11) is 1.61. The minimum atomic E-state index is -4.48. The smallest absolute Gasteiger partial charge is 0.416 e. The average Bonchev–Trinajstić information content (AvgIpc) is 2.75. The second-order valence-corrected chi connectivity index (χ2v) is 7.45. The third-order valence-electron chi connectivity index (χ3n) is 5.00. The Morgan fingerprint density at radius 1 is 1.28 bits per heavy atom. The fraction of sp³-hybridized carbons (Fsp3) is 0.476. The number of benzene rings is 1.